The zero-order chi connectivity index (χ0) is 18.4. The fraction of sp³-hybridized carbons (Fsp3) is 0.762. The molecule has 0 atom stereocenters. The maximum atomic E-state index is 12.5. The molecule has 5 aliphatic rings. The Bertz CT molecular complexity index is 765. The van der Waals surface area contributed by atoms with Gasteiger partial charge in [0.2, 0.25) is 0 Å². The first kappa shape index (κ1) is 17.3. The predicted molar refractivity (Wildman–Crippen MR) is 103 cm³/mol. The highest BCUT2D eigenvalue weighted by atomic mass is 16.2. The number of nitrogens with zero attached hydrogens (tertiary/aromatic N) is 2. The van der Waals surface area contributed by atoms with Crippen LogP contribution in [0.2, 0.25) is 0 Å². The van der Waals surface area contributed by atoms with E-state index in [0.29, 0.717) is 13.1 Å². The lowest BCUT2D eigenvalue weighted by molar-refractivity contribution is -0.0135. The van der Waals surface area contributed by atoms with E-state index in [4.69, 9.17) is 0 Å². The van der Waals surface area contributed by atoms with Crippen molar-refractivity contribution < 1.29 is 4.79 Å². The number of hydrogen-bond acceptors (Lipinski definition) is 3. The quantitative estimate of drug-likeness (QED) is 0.854. The molecule has 146 valence electrons. The van der Waals surface area contributed by atoms with Gasteiger partial charge in [0.15, 0.2) is 0 Å². The molecule has 6 nitrogen and oxygen atoms in total. The number of amides is 2. The average molecular weight is 370 g/mol. The Kier molecular flexibility index (Phi) is 4.25. The van der Waals surface area contributed by atoms with Gasteiger partial charge in [-0.15, -0.1) is 0 Å². The number of carbonyl (C=O) groups is 1. The lowest BCUT2D eigenvalue weighted by atomic mass is 9.53. The highest BCUT2D eigenvalue weighted by molar-refractivity contribution is 5.74. The highest BCUT2D eigenvalue weighted by Crippen LogP contribution is 2.55. The van der Waals surface area contributed by atoms with E-state index in [0.717, 1.165) is 74.0 Å². The number of urea groups is 1. The zero-order valence-corrected chi connectivity index (χ0v) is 16.0. The summed E-state index contributed by atoms with van der Waals surface area (Å²) < 4.78 is 1.51. The molecule has 0 aliphatic heterocycles. The molecular formula is C21H30N4O2. The topological polar surface area (TPSA) is 76.0 Å². The zero-order valence-electron chi connectivity index (χ0n) is 16.0. The Morgan fingerprint density at radius 2 is 1.78 bits per heavy atom. The largest absolute Gasteiger partial charge is 0.336 e. The summed E-state index contributed by atoms with van der Waals surface area (Å²) in [5.41, 5.74) is 2.13. The Labute approximate surface area is 160 Å². The maximum Gasteiger partial charge on any atom is 0.315 e. The molecule has 1 aromatic heterocycles. The number of carbonyl (C=O) groups excluding carboxylic acids is 1. The number of hydrogen-bond donors (Lipinski definition) is 2. The van der Waals surface area contributed by atoms with E-state index in [1.165, 1.54) is 23.9 Å². The summed E-state index contributed by atoms with van der Waals surface area (Å²) in [5, 5.41) is 10.8. The normalized spacial score (nSPS) is 33.6. The second-order valence-corrected chi connectivity index (χ2v) is 9.46. The summed E-state index contributed by atoms with van der Waals surface area (Å²) in [6.07, 6.45) is 11.8. The van der Waals surface area contributed by atoms with Crippen molar-refractivity contribution in [1.29, 1.82) is 0 Å². The first-order valence-electron chi connectivity index (χ1n) is 10.7. The van der Waals surface area contributed by atoms with Crippen molar-refractivity contribution in [2.45, 2.75) is 76.3 Å². The summed E-state index contributed by atoms with van der Waals surface area (Å²) in [6.45, 7) is 0.865. The second-order valence-electron chi connectivity index (χ2n) is 9.46. The van der Waals surface area contributed by atoms with Crippen LogP contribution < -0.4 is 16.2 Å². The summed E-state index contributed by atoms with van der Waals surface area (Å²) in [4.78, 5) is 24.7. The van der Waals surface area contributed by atoms with Gasteiger partial charge >= 0.3 is 6.03 Å². The van der Waals surface area contributed by atoms with Crippen LogP contribution in [-0.4, -0.2) is 27.9 Å². The van der Waals surface area contributed by atoms with E-state index < -0.39 is 0 Å². The number of rotatable bonds is 4. The summed E-state index contributed by atoms with van der Waals surface area (Å²) in [6, 6.07) is 1.65. The fourth-order valence-corrected chi connectivity index (χ4v) is 6.59. The minimum atomic E-state index is -0.0806. The lowest BCUT2D eigenvalue weighted by Gasteiger charge is -2.56. The third-order valence-corrected chi connectivity index (χ3v) is 7.30. The van der Waals surface area contributed by atoms with Crippen LogP contribution in [0.4, 0.5) is 4.79 Å². The lowest BCUT2D eigenvalue weighted by Crippen LogP contribution is -2.61. The molecular weight excluding hydrogens is 340 g/mol. The molecule has 4 bridgehead atoms. The molecule has 6 rings (SSSR count). The Morgan fingerprint density at radius 3 is 2.48 bits per heavy atom. The second kappa shape index (κ2) is 6.64. The van der Waals surface area contributed by atoms with Crippen LogP contribution in [0.1, 0.15) is 62.6 Å². The number of aryl methyl sites for hydroxylation is 2. The molecule has 5 aliphatic carbocycles. The van der Waals surface area contributed by atoms with Gasteiger partial charge in [0.1, 0.15) is 0 Å². The molecule has 0 unspecified atom stereocenters. The van der Waals surface area contributed by atoms with Gasteiger partial charge in [0.25, 0.3) is 5.56 Å². The molecule has 0 saturated heterocycles. The molecule has 4 fully saturated rings. The fourth-order valence-electron chi connectivity index (χ4n) is 6.59. The first-order valence-corrected chi connectivity index (χ1v) is 10.7. The molecule has 4 saturated carbocycles. The van der Waals surface area contributed by atoms with Crippen molar-refractivity contribution >= 4 is 6.03 Å². The van der Waals surface area contributed by atoms with Crippen LogP contribution in [0.3, 0.4) is 0 Å². The van der Waals surface area contributed by atoms with E-state index >= 15 is 0 Å². The Morgan fingerprint density at radius 1 is 1.11 bits per heavy atom. The number of aromatic nitrogens is 2. The van der Waals surface area contributed by atoms with Crippen LogP contribution in [0.15, 0.2) is 10.9 Å². The van der Waals surface area contributed by atoms with E-state index in [1.54, 1.807) is 6.07 Å². The van der Waals surface area contributed by atoms with Crippen molar-refractivity contribution in [2.75, 3.05) is 6.54 Å². The van der Waals surface area contributed by atoms with Crippen molar-refractivity contribution in [2.24, 2.45) is 17.8 Å². The van der Waals surface area contributed by atoms with E-state index in [2.05, 4.69) is 15.7 Å². The van der Waals surface area contributed by atoms with Gasteiger partial charge in [-0.25, -0.2) is 9.48 Å². The molecule has 6 heteroatoms. The molecule has 2 N–H and O–H groups in total. The van der Waals surface area contributed by atoms with Crippen LogP contribution in [0, 0.1) is 17.8 Å². The predicted octanol–water partition coefficient (Wildman–Crippen LogP) is 2.39. The molecule has 27 heavy (non-hydrogen) atoms. The highest BCUT2D eigenvalue weighted by Gasteiger charge is 2.51. The summed E-state index contributed by atoms with van der Waals surface area (Å²) in [5.74, 6) is 2.44. The minimum Gasteiger partial charge on any atom is -0.336 e. The van der Waals surface area contributed by atoms with Crippen molar-refractivity contribution in [3.8, 4) is 0 Å². The third-order valence-electron chi connectivity index (χ3n) is 7.30. The molecule has 1 aromatic rings. The van der Waals surface area contributed by atoms with E-state index in [1.807, 2.05) is 0 Å². The van der Waals surface area contributed by atoms with Crippen LogP contribution in [0.5, 0.6) is 0 Å². The Hall–Kier alpha value is -1.85. The van der Waals surface area contributed by atoms with Gasteiger partial charge in [-0.3, -0.25) is 4.79 Å². The van der Waals surface area contributed by atoms with Crippen molar-refractivity contribution in [3.05, 3.63) is 27.7 Å². The van der Waals surface area contributed by atoms with Gasteiger partial charge in [-0.2, -0.15) is 5.10 Å². The third kappa shape index (κ3) is 3.39. The standard InChI is InChI=1S/C21H30N4O2/c26-19-10-17-3-1-2-4-18(17)24-25(19)6-5-22-20(27)23-21-11-14-7-15(12-21)9-16(8-14)13-21/h10,14-16H,1-9,11-13H2,(H2,22,23,27). The van der Waals surface area contributed by atoms with Crippen LogP contribution in [0.25, 0.3) is 0 Å². The molecule has 1 heterocycles. The maximum absolute atomic E-state index is 12.5. The molecule has 0 spiro atoms. The Balaban J connectivity index is 1.17. The summed E-state index contributed by atoms with van der Waals surface area (Å²) >= 11 is 0. The SMILES string of the molecule is O=C(NCCn1nc2c(cc1=O)CCCC2)NC12CC3CC(CC(C3)C1)C2. The van der Waals surface area contributed by atoms with Gasteiger partial charge in [-0.1, -0.05) is 0 Å². The molecule has 2 amide bonds. The average Bonchev–Trinajstić information content (AvgIpc) is 2.60. The number of nitrogens with one attached hydrogen (secondary N) is 2. The van der Waals surface area contributed by atoms with Gasteiger partial charge in [0, 0.05) is 18.2 Å². The van der Waals surface area contributed by atoms with Crippen LogP contribution >= 0.6 is 0 Å². The minimum absolute atomic E-state index is 0.0275. The van der Waals surface area contributed by atoms with Gasteiger partial charge < -0.3 is 10.6 Å². The summed E-state index contributed by atoms with van der Waals surface area (Å²) in [7, 11) is 0. The first-order chi connectivity index (χ1) is 13.1. The van der Waals surface area contributed by atoms with Crippen molar-refractivity contribution in [1.82, 2.24) is 20.4 Å². The van der Waals surface area contributed by atoms with E-state index in [9.17, 15) is 9.59 Å². The van der Waals surface area contributed by atoms with Crippen LogP contribution in [-0.2, 0) is 19.4 Å². The van der Waals surface area contributed by atoms with Gasteiger partial charge in [0.05, 0.1) is 12.2 Å². The molecule has 0 aromatic carbocycles. The number of fused-ring (bicyclic) bond motifs is 1. The monoisotopic (exact) mass is 370 g/mol. The van der Waals surface area contributed by atoms with E-state index in [-0.39, 0.29) is 17.1 Å². The van der Waals surface area contributed by atoms with Gasteiger partial charge in [-0.05, 0) is 87.5 Å². The van der Waals surface area contributed by atoms with Crippen molar-refractivity contribution in [3.63, 3.8) is 0 Å². The molecule has 0 radical (unpaired) electrons. The smallest absolute Gasteiger partial charge is 0.315 e.